The van der Waals surface area contributed by atoms with E-state index in [-0.39, 0.29) is 25.2 Å². The Kier molecular flexibility index (Phi) is 3.49. The Balaban J connectivity index is 2.53. The number of ether oxygens (including phenoxy) is 1. The molecule has 1 aliphatic rings. The summed E-state index contributed by atoms with van der Waals surface area (Å²) in [4.78, 5) is 12.9. The summed E-state index contributed by atoms with van der Waals surface area (Å²) in [5.41, 5.74) is 0. The number of hydrogen-bond acceptors (Lipinski definition) is 3. The van der Waals surface area contributed by atoms with Crippen LogP contribution < -0.4 is 0 Å². The van der Waals surface area contributed by atoms with Crippen LogP contribution in [-0.2, 0) is 9.53 Å². The summed E-state index contributed by atoms with van der Waals surface area (Å²) in [5.74, 6) is -0.0119. The highest BCUT2D eigenvalue weighted by atomic mass is 16.5. The Labute approximate surface area is 72.1 Å². The fraction of sp³-hybridized carbons (Fsp3) is 0.875. The van der Waals surface area contributed by atoms with Crippen molar-refractivity contribution in [3.05, 3.63) is 0 Å². The molecule has 1 aliphatic heterocycles. The van der Waals surface area contributed by atoms with Crippen LogP contribution in [0.4, 0.5) is 0 Å². The summed E-state index contributed by atoms with van der Waals surface area (Å²) in [7, 11) is 0. The SMILES string of the molecule is CCCN1C(=O)COCC1CO. The molecule has 0 saturated carbocycles. The van der Waals surface area contributed by atoms with Crippen molar-refractivity contribution in [2.75, 3.05) is 26.4 Å². The first kappa shape index (κ1) is 9.48. The van der Waals surface area contributed by atoms with Crippen LogP contribution in [-0.4, -0.2) is 48.3 Å². The van der Waals surface area contributed by atoms with Gasteiger partial charge in [-0.3, -0.25) is 4.79 Å². The molecule has 0 bridgehead atoms. The van der Waals surface area contributed by atoms with Crippen LogP contribution >= 0.6 is 0 Å². The van der Waals surface area contributed by atoms with E-state index in [9.17, 15) is 4.79 Å². The zero-order valence-corrected chi connectivity index (χ0v) is 7.32. The number of carbonyl (C=O) groups is 1. The lowest BCUT2D eigenvalue weighted by Crippen LogP contribution is -2.51. The number of aliphatic hydroxyl groups excluding tert-OH is 1. The number of hydrogen-bond donors (Lipinski definition) is 1. The maximum atomic E-state index is 11.2. The highest BCUT2D eigenvalue weighted by Gasteiger charge is 2.26. The minimum Gasteiger partial charge on any atom is -0.394 e. The second-order valence-electron chi connectivity index (χ2n) is 2.94. The number of rotatable bonds is 3. The van der Waals surface area contributed by atoms with Crippen LogP contribution in [0.2, 0.25) is 0 Å². The van der Waals surface area contributed by atoms with Crippen LogP contribution in [0.25, 0.3) is 0 Å². The second kappa shape index (κ2) is 4.42. The largest absolute Gasteiger partial charge is 0.394 e. The van der Waals surface area contributed by atoms with Gasteiger partial charge in [0.05, 0.1) is 19.3 Å². The quantitative estimate of drug-likeness (QED) is 0.632. The summed E-state index contributed by atoms with van der Waals surface area (Å²) in [6.45, 7) is 3.34. The smallest absolute Gasteiger partial charge is 0.248 e. The summed E-state index contributed by atoms with van der Waals surface area (Å²) < 4.78 is 5.01. The fourth-order valence-electron chi connectivity index (χ4n) is 1.36. The Hall–Kier alpha value is -0.610. The summed E-state index contributed by atoms with van der Waals surface area (Å²) in [6, 6.07) is -0.133. The van der Waals surface area contributed by atoms with Crippen molar-refractivity contribution < 1.29 is 14.6 Å². The molecule has 4 nitrogen and oxygen atoms in total. The summed E-state index contributed by atoms with van der Waals surface area (Å²) >= 11 is 0. The summed E-state index contributed by atoms with van der Waals surface area (Å²) in [5, 5.41) is 8.93. The van der Waals surface area contributed by atoms with Gasteiger partial charge in [-0.05, 0) is 6.42 Å². The fourth-order valence-corrected chi connectivity index (χ4v) is 1.36. The molecule has 0 spiro atoms. The first-order valence-electron chi connectivity index (χ1n) is 4.27. The zero-order valence-electron chi connectivity index (χ0n) is 7.32. The number of morpholine rings is 1. The van der Waals surface area contributed by atoms with Gasteiger partial charge in [0.15, 0.2) is 0 Å². The molecular weight excluding hydrogens is 158 g/mol. The molecule has 0 aromatic heterocycles. The first-order valence-corrected chi connectivity index (χ1v) is 4.27. The van der Waals surface area contributed by atoms with Gasteiger partial charge >= 0.3 is 0 Å². The van der Waals surface area contributed by atoms with Gasteiger partial charge < -0.3 is 14.7 Å². The molecule has 1 heterocycles. The van der Waals surface area contributed by atoms with Gasteiger partial charge in [0, 0.05) is 6.54 Å². The van der Waals surface area contributed by atoms with Crippen molar-refractivity contribution >= 4 is 5.91 Å². The zero-order chi connectivity index (χ0) is 8.97. The molecule has 0 radical (unpaired) electrons. The lowest BCUT2D eigenvalue weighted by Gasteiger charge is -2.34. The molecular formula is C8H15NO3. The molecule has 1 rings (SSSR count). The Morgan fingerprint density at radius 3 is 3.08 bits per heavy atom. The van der Waals surface area contributed by atoms with Crippen LogP contribution in [0, 0.1) is 0 Å². The number of carbonyl (C=O) groups excluding carboxylic acids is 1. The van der Waals surface area contributed by atoms with Gasteiger partial charge in [0.1, 0.15) is 6.61 Å². The van der Waals surface area contributed by atoms with Gasteiger partial charge in [0.25, 0.3) is 0 Å². The maximum Gasteiger partial charge on any atom is 0.248 e. The lowest BCUT2D eigenvalue weighted by molar-refractivity contribution is -0.149. The van der Waals surface area contributed by atoms with Gasteiger partial charge in [0.2, 0.25) is 5.91 Å². The van der Waals surface area contributed by atoms with E-state index in [1.165, 1.54) is 0 Å². The normalized spacial score (nSPS) is 24.7. The molecule has 1 saturated heterocycles. The monoisotopic (exact) mass is 173 g/mol. The van der Waals surface area contributed by atoms with E-state index in [0.29, 0.717) is 13.2 Å². The predicted octanol–water partition coefficient (Wildman–Crippen LogP) is -0.384. The van der Waals surface area contributed by atoms with E-state index in [1.807, 2.05) is 6.92 Å². The third-order valence-electron chi connectivity index (χ3n) is 1.97. The van der Waals surface area contributed by atoms with Gasteiger partial charge in [-0.25, -0.2) is 0 Å². The Morgan fingerprint density at radius 2 is 2.50 bits per heavy atom. The summed E-state index contributed by atoms with van der Waals surface area (Å²) in [6.07, 6.45) is 0.919. The maximum absolute atomic E-state index is 11.2. The second-order valence-corrected chi connectivity index (χ2v) is 2.94. The number of nitrogens with zero attached hydrogens (tertiary/aromatic N) is 1. The average molecular weight is 173 g/mol. The van der Waals surface area contributed by atoms with Crippen LogP contribution in [0.5, 0.6) is 0 Å². The third-order valence-corrected chi connectivity index (χ3v) is 1.97. The van der Waals surface area contributed by atoms with E-state index >= 15 is 0 Å². The molecule has 0 aromatic carbocycles. The average Bonchev–Trinajstić information content (AvgIpc) is 2.09. The van der Waals surface area contributed by atoms with E-state index in [0.717, 1.165) is 6.42 Å². The third kappa shape index (κ3) is 1.95. The van der Waals surface area contributed by atoms with E-state index in [2.05, 4.69) is 0 Å². The Bertz CT molecular complexity index is 160. The molecule has 0 aromatic rings. The highest BCUT2D eigenvalue weighted by molar-refractivity contribution is 5.78. The molecule has 4 heteroatoms. The highest BCUT2D eigenvalue weighted by Crippen LogP contribution is 2.07. The van der Waals surface area contributed by atoms with E-state index in [1.54, 1.807) is 4.90 Å². The predicted molar refractivity (Wildman–Crippen MR) is 43.7 cm³/mol. The van der Waals surface area contributed by atoms with Gasteiger partial charge in [-0.2, -0.15) is 0 Å². The molecule has 1 N–H and O–H groups in total. The van der Waals surface area contributed by atoms with Crippen molar-refractivity contribution in [2.24, 2.45) is 0 Å². The topological polar surface area (TPSA) is 49.8 Å². The van der Waals surface area contributed by atoms with Gasteiger partial charge in [-0.15, -0.1) is 0 Å². The molecule has 12 heavy (non-hydrogen) atoms. The van der Waals surface area contributed by atoms with Crippen molar-refractivity contribution in [2.45, 2.75) is 19.4 Å². The van der Waals surface area contributed by atoms with E-state index < -0.39 is 0 Å². The first-order chi connectivity index (χ1) is 5.79. The number of amides is 1. The molecule has 70 valence electrons. The Morgan fingerprint density at radius 1 is 1.75 bits per heavy atom. The van der Waals surface area contributed by atoms with Gasteiger partial charge in [-0.1, -0.05) is 6.92 Å². The molecule has 0 aliphatic carbocycles. The minimum absolute atomic E-state index is 0.00819. The molecule has 1 atom stereocenters. The molecule has 1 fully saturated rings. The van der Waals surface area contributed by atoms with Crippen molar-refractivity contribution in [3.8, 4) is 0 Å². The van der Waals surface area contributed by atoms with Crippen molar-refractivity contribution in [3.63, 3.8) is 0 Å². The van der Waals surface area contributed by atoms with Crippen LogP contribution in [0.3, 0.4) is 0 Å². The van der Waals surface area contributed by atoms with Crippen LogP contribution in [0.1, 0.15) is 13.3 Å². The van der Waals surface area contributed by atoms with Crippen molar-refractivity contribution in [1.29, 1.82) is 0 Å². The standard InChI is InChI=1S/C8H15NO3/c1-2-3-9-7(4-10)5-12-6-8(9)11/h7,10H,2-6H2,1H3. The lowest BCUT2D eigenvalue weighted by atomic mass is 10.2. The molecule has 1 amide bonds. The van der Waals surface area contributed by atoms with E-state index in [4.69, 9.17) is 9.84 Å². The van der Waals surface area contributed by atoms with Crippen molar-refractivity contribution in [1.82, 2.24) is 4.90 Å². The van der Waals surface area contributed by atoms with Crippen LogP contribution in [0.15, 0.2) is 0 Å². The number of aliphatic hydroxyl groups is 1. The molecule has 1 unspecified atom stereocenters. The minimum atomic E-state index is -0.133.